The molecule has 0 spiro atoms. The van der Waals surface area contributed by atoms with Gasteiger partial charge in [-0.25, -0.2) is 0 Å². The van der Waals surface area contributed by atoms with Gasteiger partial charge in [0.2, 0.25) is 0 Å². The first-order valence-electron chi connectivity index (χ1n) is 3.35. The van der Waals surface area contributed by atoms with Gasteiger partial charge >= 0.3 is 0 Å². The maximum atomic E-state index is 9.91. The average Bonchev–Trinajstić information content (AvgIpc) is 2.64. The third kappa shape index (κ3) is 2.04. The average molecular weight is 156 g/mol. The van der Waals surface area contributed by atoms with Crippen molar-refractivity contribution >= 4 is 6.29 Å². The number of hydrogen-bond donors (Lipinski definition) is 1. The minimum Gasteiger partial charge on any atom is -0.344 e. The van der Waals surface area contributed by atoms with Crippen molar-refractivity contribution in [1.29, 1.82) is 0 Å². The van der Waals surface area contributed by atoms with Gasteiger partial charge in [0.05, 0.1) is 5.54 Å². The molecule has 3 nitrogen and oxygen atoms in total. The van der Waals surface area contributed by atoms with Crippen LogP contribution in [0.15, 0.2) is 0 Å². The lowest BCUT2D eigenvalue weighted by atomic mass is 10.2. The van der Waals surface area contributed by atoms with Crippen LogP contribution < -0.4 is 6.15 Å². The molecule has 1 aliphatic carbocycles. The van der Waals surface area contributed by atoms with E-state index >= 15 is 0 Å². The second-order valence-corrected chi connectivity index (χ2v) is 2.81. The Balaban J connectivity index is 0. The molecule has 0 unspecified atom stereocenters. The highest BCUT2D eigenvalue weighted by Crippen LogP contribution is 2.38. The van der Waals surface area contributed by atoms with E-state index < -0.39 is 0 Å². The molecular formula is C8H16N2O. The zero-order valence-electron chi connectivity index (χ0n) is 7.05. The highest BCUT2D eigenvalue weighted by atomic mass is 16.1. The zero-order chi connectivity index (χ0) is 7.61. The number of hydrogen-bond acceptors (Lipinski definition) is 3. The molecule has 3 N–H and O–H groups in total. The minimum absolute atomic E-state index is 0. The van der Waals surface area contributed by atoms with Crippen LogP contribution in [0.5, 0.6) is 0 Å². The fourth-order valence-corrected chi connectivity index (χ4v) is 0.966. The van der Waals surface area contributed by atoms with E-state index in [0.717, 1.165) is 12.8 Å². The van der Waals surface area contributed by atoms with Gasteiger partial charge < -0.3 is 6.15 Å². The Labute approximate surface area is 68.8 Å². The summed E-state index contributed by atoms with van der Waals surface area (Å²) in [6.07, 6.45) is 2.85. The van der Waals surface area contributed by atoms with Gasteiger partial charge in [0.1, 0.15) is 0 Å². The van der Waals surface area contributed by atoms with Gasteiger partial charge in [-0.1, -0.05) is 5.92 Å². The number of carbonyl (C=O) groups is 1. The summed E-state index contributed by atoms with van der Waals surface area (Å²) in [5, 5.41) is 0. The summed E-state index contributed by atoms with van der Waals surface area (Å²) < 4.78 is 0. The molecule has 0 aromatic heterocycles. The monoisotopic (exact) mass is 156 g/mol. The van der Waals surface area contributed by atoms with Crippen molar-refractivity contribution in [3.63, 3.8) is 0 Å². The lowest BCUT2D eigenvalue weighted by Gasteiger charge is -2.16. The van der Waals surface area contributed by atoms with Crippen LogP contribution in [-0.2, 0) is 4.79 Å². The second kappa shape index (κ2) is 3.51. The van der Waals surface area contributed by atoms with Crippen molar-refractivity contribution < 1.29 is 6.22 Å². The maximum Gasteiger partial charge on any atom is 0.192 e. The van der Waals surface area contributed by atoms with E-state index in [1.54, 1.807) is 0 Å². The van der Waals surface area contributed by atoms with Gasteiger partial charge in [-0.2, -0.15) is 0 Å². The SMILES string of the molecule is CN(C)C1(C#CC=O)CC1.N.[HH]. The molecule has 0 saturated heterocycles. The van der Waals surface area contributed by atoms with Crippen LogP contribution in [0.4, 0.5) is 0 Å². The summed E-state index contributed by atoms with van der Waals surface area (Å²) in [4.78, 5) is 12.0. The molecule has 0 atom stereocenters. The first kappa shape index (κ1) is 10.2. The van der Waals surface area contributed by atoms with Crippen molar-refractivity contribution in [1.82, 2.24) is 11.1 Å². The number of carbonyl (C=O) groups excluding carboxylic acids is 1. The predicted octanol–water partition coefficient (Wildman–Crippen LogP) is 0.691. The standard InChI is InChI=1S/C8H11NO.H3N.H2/c1-9(2)8(5-6-8)4-3-7-10;;/h7H,5-6H2,1-2H3;1H3;1H. The second-order valence-electron chi connectivity index (χ2n) is 2.81. The topological polar surface area (TPSA) is 55.3 Å². The van der Waals surface area contributed by atoms with Gasteiger partial charge in [0, 0.05) is 1.43 Å². The van der Waals surface area contributed by atoms with Crippen molar-refractivity contribution in [2.45, 2.75) is 18.4 Å². The number of rotatable bonds is 1. The molecule has 3 heteroatoms. The van der Waals surface area contributed by atoms with E-state index in [-0.39, 0.29) is 13.1 Å². The molecule has 0 bridgehead atoms. The van der Waals surface area contributed by atoms with E-state index in [1.165, 1.54) is 0 Å². The molecule has 1 fully saturated rings. The minimum atomic E-state index is 0. The van der Waals surface area contributed by atoms with E-state index in [2.05, 4.69) is 16.7 Å². The Morgan fingerprint density at radius 2 is 2.09 bits per heavy atom. The summed E-state index contributed by atoms with van der Waals surface area (Å²) in [5.74, 6) is 5.39. The van der Waals surface area contributed by atoms with Gasteiger partial charge in [-0.3, -0.25) is 9.69 Å². The van der Waals surface area contributed by atoms with E-state index in [0.29, 0.717) is 6.29 Å². The first-order chi connectivity index (χ1) is 4.71. The maximum absolute atomic E-state index is 9.91. The van der Waals surface area contributed by atoms with Gasteiger partial charge in [0.15, 0.2) is 6.29 Å². The molecular weight excluding hydrogens is 140 g/mol. The molecule has 0 radical (unpaired) electrons. The third-order valence-corrected chi connectivity index (χ3v) is 1.94. The van der Waals surface area contributed by atoms with Crippen molar-refractivity contribution in [2.75, 3.05) is 14.1 Å². The van der Waals surface area contributed by atoms with Crippen LogP contribution >= 0.6 is 0 Å². The van der Waals surface area contributed by atoms with Crippen molar-refractivity contribution in [3.05, 3.63) is 0 Å². The highest BCUT2D eigenvalue weighted by molar-refractivity contribution is 5.73. The Kier molecular flexibility index (Phi) is 3.24. The largest absolute Gasteiger partial charge is 0.344 e. The normalized spacial score (nSPS) is 17.7. The molecule has 1 rings (SSSR count). The molecule has 0 amide bonds. The molecule has 1 saturated carbocycles. The molecule has 0 aromatic rings. The van der Waals surface area contributed by atoms with Crippen molar-refractivity contribution in [2.24, 2.45) is 0 Å². The fourth-order valence-electron chi connectivity index (χ4n) is 0.966. The Morgan fingerprint density at radius 3 is 2.36 bits per heavy atom. The molecule has 1 aliphatic rings. The fraction of sp³-hybridized carbons (Fsp3) is 0.625. The summed E-state index contributed by atoms with van der Waals surface area (Å²) in [6.45, 7) is 0. The van der Waals surface area contributed by atoms with Crippen LogP contribution in [0.2, 0.25) is 0 Å². The van der Waals surface area contributed by atoms with Crippen LogP contribution in [0.25, 0.3) is 0 Å². The van der Waals surface area contributed by atoms with E-state index in [4.69, 9.17) is 0 Å². The Hall–Kier alpha value is -0.850. The van der Waals surface area contributed by atoms with E-state index in [9.17, 15) is 4.79 Å². The summed E-state index contributed by atoms with van der Waals surface area (Å²) >= 11 is 0. The predicted molar refractivity (Wildman–Crippen MR) is 46.6 cm³/mol. The number of nitrogens with zero attached hydrogens (tertiary/aromatic N) is 1. The lowest BCUT2D eigenvalue weighted by molar-refractivity contribution is -0.103. The molecule has 0 aliphatic heterocycles. The lowest BCUT2D eigenvalue weighted by Crippen LogP contribution is -2.28. The van der Waals surface area contributed by atoms with Crippen molar-refractivity contribution in [3.8, 4) is 11.8 Å². The Bertz CT molecular complexity index is 201. The van der Waals surface area contributed by atoms with Crippen LogP contribution in [0.1, 0.15) is 14.3 Å². The quantitative estimate of drug-likeness (QED) is 0.449. The molecule has 11 heavy (non-hydrogen) atoms. The van der Waals surface area contributed by atoms with Gasteiger partial charge in [0.25, 0.3) is 0 Å². The smallest absolute Gasteiger partial charge is 0.192 e. The molecule has 64 valence electrons. The third-order valence-electron chi connectivity index (χ3n) is 1.94. The summed E-state index contributed by atoms with van der Waals surface area (Å²) in [7, 11) is 3.99. The van der Waals surface area contributed by atoms with Crippen LogP contribution in [-0.4, -0.2) is 30.8 Å². The summed E-state index contributed by atoms with van der Waals surface area (Å²) in [5.41, 5.74) is 0.0426. The highest BCUT2D eigenvalue weighted by Gasteiger charge is 2.43. The summed E-state index contributed by atoms with van der Waals surface area (Å²) in [6, 6.07) is 0. The van der Waals surface area contributed by atoms with Gasteiger partial charge in [-0.05, 0) is 32.9 Å². The van der Waals surface area contributed by atoms with Gasteiger partial charge in [-0.15, -0.1) is 0 Å². The molecule has 0 heterocycles. The van der Waals surface area contributed by atoms with E-state index in [1.807, 2.05) is 14.1 Å². The van der Waals surface area contributed by atoms with Crippen LogP contribution in [0, 0.1) is 11.8 Å². The Morgan fingerprint density at radius 1 is 1.55 bits per heavy atom. The van der Waals surface area contributed by atoms with Crippen LogP contribution in [0.3, 0.4) is 0 Å². The number of aldehydes is 1. The molecule has 0 aromatic carbocycles. The zero-order valence-corrected chi connectivity index (χ0v) is 7.05. The first-order valence-corrected chi connectivity index (χ1v) is 3.35.